The molecule has 14 heavy (non-hydrogen) atoms. The van der Waals surface area contributed by atoms with Crippen LogP contribution in [0.15, 0.2) is 0 Å². The van der Waals surface area contributed by atoms with Crippen molar-refractivity contribution in [2.45, 2.75) is 50.9 Å². The zero-order valence-electron chi connectivity index (χ0n) is 9.03. The van der Waals surface area contributed by atoms with Crippen LogP contribution in [0.25, 0.3) is 0 Å². The van der Waals surface area contributed by atoms with Crippen molar-refractivity contribution < 1.29 is 9.84 Å². The Balaban J connectivity index is 1.81. The Kier molecular flexibility index (Phi) is 3.10. The summed E-state index contributed by atoms with van der Waals surface area (Å²) in [7, 11) is 0. The lowest BCUT2D eigenvalue weighted by atomic mass is 9.96. The van der Waals surface area contributed by atoms with Crippen LogP contribution in [0.2, 0.25) is 0 Å². The van der Waals surface area contributed by atoms with E-state index in [2.05, 4.69) is 13.8 Å². The first-order valence-electron chi connectivity index (χ1n) is 5.50. The van der Waals surface area contributed by atoms with Crippen LogP contribution in [0.5, 0.6) is 0 Å². The van der Waals surface area contributed by atoms with E-state index in [1.807, 2.05) is 11.8 Å². The maximum atomic E-state index is 9.70. The quantitative estimate of drug-likeness (QED) is 0.766. The first-order valence-corrected chi connectivity index (χ1v) is 6.66. The lowest BCUT2D eigenvalue weighted by molar-refractivity contribution is -0.0300. The topological polar surface area (TPSA) is 29.5 Å². The van der Waals surface area contributed by atoms with Crippen LogP contribution in [0.1, 0.15) is 33.1 Å². The molecule has 2 rings (SSSR count). The highest BCUT2D eigenvalue weighted by atomic mass is 32.2. The minimum Gasteiger partial charge on any atom is -0.392 e. The molecule has 2 aliphatic rings. The molecule has 0 aliphatic carbocycles. The maximum Gasteiger partial charge on any atom is 0.0667 e. The van der Waals surface area contributed by atoms with Crippen LogP contribution in [-0.2, 0) is 4.74 Å². The molecule has 3 unspecified atom stereocenters. The van der Waals surface area contributed by atoms with E-state index >= 15 is 0 Å². The Morgan fingerprint density at radius 1 is 1.43 bits per heavy atom. The molecule has 0 aromatic heterocycles. The van der Waals surface area contributed by atoms with Gasteiger partial charge in [0.15, 0.2) is 0 Å². The molecule has 2 saturated heterocycles. The third-order valence-corrected chi connectivity index (χ3v) is 4.53. The number of hydrogen-bond acceptors (Lipinski definition) is 3. The van der Waals surface area contributed by atoms with Crippen molar-refractivity contribution in [1.29, 1.82) is 0 Å². The van der Waals surface area contributed by atoms with Gasteiger partial charge in [0.2, 0.25) is 0 Å². The van der Waals surface area contributed by atoms with Gasteiger partial charge >= 0.3 is 0 Å². The van der Waals surface area contributed by atoms with Gasteiger partial charge in [-0.25, -0.2) is 0 Å². The fraction of sp³-hybridized carbons (Fsp3) is 1.00. The third-order valence-electron chi connectivity index (χ3n) is 3.28. The van der Waals surface area contributed by atoms with E-state index in [-0.39, 0.29) is 11.7 Å². The Morgan fingerprint density at radius 2 is 2.21 bits per heavy atom. The van der Waals surface area contributed by atoms with Crippen LogP contribution in [-0.4, -0.2) is 34.4 Å². The highest BCUT2D eigenvalue weighted by Crippen LogP contribution is 2.36. The van der Waals surface area contributed by atoms with Crippen LogP contribution in [0.4, 0.5) is 0 Å². The van der Waals surface area contributed by atoms with Crippen molar-refractivity contribution in [1.82, 2.24) is 0 Å². The highest BCUT2D eigenvalue weighted by Gasteiger charge is 2.35. The fourth-order valence-electron chi connectivity index (χ4n) is 2.39. The van der Waals surface area contributed by atoms with Crippen molar-refractivity contribution >= 4 is 11.8 Å². The molecule has 0 aromatic carbocycles. The molecule has 0 aromatic rings. The second-order valence-electron chi connectivity index (χ2n) is 5.14. The normalized spacial score (nSPS) is 41.8. The van der Waals surface area contributed by atoms with Crippen LogP contribution in [0.3, 0.4) is 0 Å². The van der Waals surface area contributed by atoms with E-state index in [4.69, 9.17) is 4.74 Å². The first-order chi connectivity index (χ1) is 6.57. The standard InChI is InChI=1S/C11H20O2S/c1-11(2)4-3-9(13-11)5-8-6-14-7-10(8)12/h8-10,12H,3-7H2,1-2H3. The van der Waals surface area contributed by atoms with E-state index in [9.17, 15) is 5.11 Å². The molecule has 0 amide bonds. The average Bonchev–Trinajstić information content (AvgIpc) is 2.61. The Hall–Kier alpha value is 0.270. The number of rotatable bonds is 2. The minimum atomic E-state index is -0.0905. The summed E-state index contributed by atoms with van der Waals surface area (Å²) >= 11 is 1.87. The van der Waals surface area contributed by atoms with Gasteiger partial charge in [-0.05, 0) is 44.8 Å². The summed E-state index contributed by atoms with van der Waals surface area (Å²) in [4.78, 5) is 0. The number of thioether (sulfide) groups is 1. The Morgan fingerprint density at radius 3 is 2.71 bits per heavy atom. The second kappa shape index (κ2) is 4.03. The smallest absolute Gasteiger partial charge is 0.0667 e. The second-order valence-corrected chi connectivity index (χ2v) is 6.21. The zero-order valence-corrected chi connectivity index (χ0v) is 9.85. The average molecular weight is 216 g/mol. The minimum absolute atomic E-state index is 0.0708. The molecule has 0 saturated carbocycles. The summed E-state index contributed by atoms with van der Waals surface area (Å²) in [5.74, 6) is 2.50. The van der Waals surface area contributed by atoms with E-state index < -0.39 is 0 Å². The predicted octanol–water partition coefficient (Wildman–Crippen LogP) is 2.06. The lowest BCUT2D eigenvalue weighted by Gasteiger charge is -2.22. The Bertz CT molecular complexity index is 205. The molecule has 3 atom stereocenters. The number of hydrogen-bond donors (Lipinski definition) is 1. The van der Waals surface area contributed by atoms with Crippen LogP contribution < -0.4 is 0 Å². The van der Waals surface area contributed by atoms with Crippen molar-refractivity contribution in [2.24, 2.45) is 5.92 Å². The summed E-state index contributed by atoms with van der Waals surface area (Å²) in [6.07, 6.45) is 3.68. The molecule has 82 valence electrons. The monoisotopic (exact) mass is 216 g/mol. The molecule has 0 bridgehead atoms. The zero-order chi connectivity index (χ0) is 10.2. The molecule has 2 nitrogen and oxygen atoms in total. The lowest BCUT2D eigenvalue weighted by Crippen LogP contribution is -2.25. The number of aliphatic hydroxyl groups is 1. The van der Waals surface area contributed by atoms with Gasteiger partial charge in [0, 0.05) is 5.75 Å². The summed E-state index contributed by atoms with van der Waals surface area (Å²) in [6, 6.07) is 0. The van der Waals surface area contributed by atoms with E-state index in [0.29, 0.717) is 12.0 Å². The van der Waals surface area contributed by atoms with Gasteiger partial charge in [0.05, 0.1) is 17.8 Å². The number of ether oxygens (including phenoxy) is 1. The van der Waals surface area contributed by atoms with Gasteiger partial charge in [-0.2, -0.15) is 11.8 Å². The van der Waals surface area contributed by atoms with Gasteiger partial charge in [-0.1, -0.05) is 0 Å². The summed E-state index contributed by atoms with van der Waals surface area (Å²) in [5, 5.41) is 9.70. The third kappa shape index (κ3) is 2.44. The number of aliphatic hydroxyl groups excluding tert-OH is 1. The summed E-state index contributed by atoms with van der Waals surface area (Å²) in [5.41, 5.74) is 0.0708. The van der Waals surface area contributed by atoms with Crippen molar-refractivity contribution in [3.63, 3.8) is 0 Å². The van der Waals surface area contributed by atoms with Crippen molar-refractivity contribution in [3.8, 4) is 0 Å². The van der Waals surface area contributed by atoms with Gasteiger partial charge in [0.25, 0.3) is 0 Å². The molecule has 2 aliphatic heterocycles. The van der Waals surface area contributed by atoms with Gasteiger partial charge in [-0.15, -0.1) is 0 Å². The Labute approximate surface area is 90.4 Å². The summed E-state index contributed by atoms with van der Waals surface area (Å²) < 4.78 is 5.94. The van der Waals surface area contributed by atoms with E-state index in [1.54, 1.807) is 0 Å². The van der Waals surface area contributed by atoms with Crippen LogP contribution in [0, 0.1) is 5.92 Å². The molecular formula is C11H20O2S. The predicted molar refractivity (Wildman–Crippen MR) is 59.6 cm³/mol. The fourth-order valence-corrected chi connectivity index (χ4v) is 3.70. The molecular weight excluding hydrogens is 196 g/mol. The molecule has 2 fully saturated rings. The van der Waals surface area contributed by atoms with E-state index in [0.717, 1.165) is 24.3 Å². The van der Waals surface area contributed by atoms with Crippen molar-refractivity contribution in [3.05, 3.63) is 0 Å². The molecule has 2 heterocycles. The van der Waals surface area contributed by atoms with E-state index in [1.165, 1.54) is 6.42 Å². The molecule has 0 radical (unpaired) electrons. The highest BCUT2D eigenvalue weighted by molar-refractivity contribution is 7.99. The first kappa shape index (κ1) is 10.8. The largest absolute Gasteiger partial charge is 0.392 e. The van der Waals surface area contributed by atoms with Gasteiger partial charge < -0.3 is 9.84 Å². The van der Waals surface area contributed by atoms with Gasteiger partial charge in [0.1, 0.15) is 0 Å². The SMILES string of the molecule is CC1(C)CCC(CC2CSCC2O)O1. The summed E-state index contributed by atoms with van der Waals surface area (Å²) in [6.45, 7) is 4.32. The van der Waals surface area contributed by atoms with Crippen molar-refractivity contribution in [2.75, 3.05) is 11.5 Å². The molecule has 0 spiro atoms. The molecule has 3 heteroatoms. The van der Waals surface area contributed by atoms with Crippen LogP contribution >= 0.6 is 11.8 Å². The maximum absolute atomic E-state index is 9.70. The van der Waals surface area contributed by atoms with Gasteiger partial charge in [-0.3, -0.25) is 0 Å². The molecule has 1 N–H and O–H groups in total.